The normalized spacial score (nSPS) is 17.5. The highest BCUT2D eigenvalue weighted by atomic mass is 16.7. The maximum atomic E-state index is 14.2. The number of nitrogens with zero attached hydrogens (tertiary/aromatic N) is 4. The molecule has 3 N–H and O–H groups in total. The molecule has 6 aromatic rings. The lowest BCUT2D eigenvalue weighted by atomic mass is 9.98. The van der Waals surface area contributed by atoms with E-state index in [9.17, 15) is 24.0 Å². The van der Waals surface area contributed by atoms with E-state index >= 15 is 0 Å². The van der Waals surface area contributed by atoms with Crippen LogP contribution in [-0.4, -0.2) is 117 Å². The number of anilines is 1. The Labute approximate surface area is 484 Å². The zero-order valence-corrected chi connectivity index (χ0v) is 46.9. The zero-order valence-electron chi connectivity index (χ0n) is 46.9. The predicted molar refractivity (Wildman–Crippen MR) is 315 cm³/mol. The van der Waals surface area contributed by atoms with Gasteiger partial charge >= 0.3 is 6.09 Å². The van der Waals surface area contributed by atoms with Gasteiger partial charge in [0, 0.05) is 67.8 Å². The fourth-order valence-corrected chi connectivity index (χ4v) is 11.4. The average Bonchev–Trinajstić information content (AvgIpc) is 2.51. The quantitative estimate of drug-likeness (QED) is 0.0685. The number of hydrogen-bond acceptors (Lipinski definition) is 14. The molecule has 5 aliphatic heterocycles. The lowest BCUT2D eigenvalue weighted by Crippen LogP contribution is -2.53. The van der Waals surface area contributed by atoms with E-state index in [1.165, 1.54) is 14.2 Å². The van der Waals surface area contributed by atoms with Gasteiger partial charge in [0.15, 0.2) is 34.5 Å². The standard InChI is InChI=1S/C65H61N7O12/c1-36(2)60(70-65(77)82-34-51-47-13-8-6-11-45(47)46-12-7-9-14-48(46)51)62(74)68-37(3)61(73)69-42-18-15-38(16-19-42)40-23-43-30-66-52-28-58(55(78-4)26-49(52)63(75)71(43)32-40)80-21-10-22-81-59-29-53-50(27-56(59)79-5)64(76)72-33-41(24-44(72)31-67-53)39-17-20-54-57(25-39)84-35-83-54/h6-9,11-20,25-33,36-37,43-44,51,60H,10,21-24,34-35H2,1-5H3,(H,68,74)(H,69,73)(H,70,77). The van der Waals surface area contributed by atoms with Crippen LogP contribution in [0.1, 0.15) is 88.9 Å². The molecular weight excluding hydrogens is 1070 g/mol. The van der Waals surface area contributed by atoms with Gasteiger partial charge < -0.3 is 58.9 Å². The summed E-state index contributed by atoms with van der Waals surface area (Å²) in [4.78, 5) is 81.0. The van der Waals surface area contributed by atoms with Crippen molar-refractivity contribution in [3.05, 3.63) is 161 Å². The number of rotatable bonds is 18. The molecule has 0 aromatic heterocycles. The molecule has 0 fully saturated rings. The third-order valence-electron chi connectivity index (χ3n) is 15.8. The average molecular weight is 1130 g/mol. The second-order valence-corrected chi connectivity index (χ2v) is 21.5. The number of amides is 5. The van der Waals surface area contributed by atoms with Crippen molar-refractivity contribution in [1.29, 1.82) is 0 Å². The number of fused-ring (bicyclic) bond motifs is 8. The topological polar surface area (TPSA) is 217 Å². The molecule has 0 bridgehead atoms. The van der Waals surface area contributed by atoms with Crippen molar-refractivity contribution < 1.29 is 57.1 Å². The molecule has 0 radical (unpaired) electrons. The summed E-state index contributed by atoms with van der Waals surface area (Å²) in [5, 5.41) is 8.32. The van der Waals surface area contributed by atoms with E-state index < -0.39 is 30.0 Å². The number of ether oxygens (including phenoxy) is 7. The molecule has 0 saturated carbocycles. The first kappa shape index (κ1) is 54.7. The molecule has 4 unspecified atom stereocenters. The van der Waals surface area contributed by atoms with Gasteiger partial charge in [-0.25, -0.2) is 4.79 Å². The second kappa shape index (κ2) is 23.2. The Morgan fingerprint density at radius 2 is 1.17 bits per heavy atom. The minimum absolute atomic E-state index is 0.0990. The van der Waals surface area contributed by atoms with Crippen LogP contribution in [0.5, 0.6) is 34.5 Å². The van der Waals surface area contributed by atoms with Crippen molar-refractivity contribution in [3.8, 4) is 45.6 Å². The number of carbonyl (C=O) groups excluding carboxylic acids is 5. The molecule has 6 aliphatic rings. The van der Waals surface area contributed by atoms with Crippen molar-refractivity contribution >= 4 is 70.4 Å². The van der Waals surface area contributed by atoms with Crippen molar-refractivity contribution in [3.63, 3.8) is 0 Å². The van der Waals surface area contributed by atoms with Crippen LogP contribution in [0.15, 0.2) is 138 Å². The molecule has 4 atom stereocenters. The molecule has 84 heavy (non-hydrogen) atoms. The van der Waals surface area contributed by atoms with Crippen LogP contribution in [0, 0.1) is 5.92 Å². The summed E-state index contributed by atoms with van der Waals surface area (Å²) >= 11 is 0. The van der Waals surface area contributed by atoms with E-state index in [-0.39, 0.29) is 62.3 Å². The van der Waals surface area contributed by atoms with Crippen LogP contribution in [0.2, 0.25) is 0 Å². The summed E-state index contributed by atoms with van der Waals surface area (Å²) in [5.74, 6) is 1.12. The van der Waals surface area contributed by atoms with E-state index in [1.807, 2.05) is 79.1 Å². The Morgan fingerprint density at radius 1 is 0.619 bits per heavy atom. The van der Waals surface area contributed by atoms with Crippen LogP contribution in [0.3, 0.4) is 0 Å². The number of nitrogens with one attached hydrogen (secondary N) is 3. The fraction of sp³-hybridized carbons (Fsp3) is 0.277. The Balaban J connectivity index is 0.616. The van der Waals surface area contributed by atoms with E-state index in [1.54, 1.807) is 79.4 Å². The minimum Gasteiger partial charge on any atom is -0.493 e. The summed E-state index contributed by atoms with van der Waals surface area (Å²) in [7, 11) is 3.03. The number of benzene rings is 6. The first-order valence-corrected chi connectivity index (χ1v) is 27.9. The zero-order chi connectivity index (χ0) is 58.2. The fourth-order valence-electron chi connectivity index (χ4n) is 11.4. The SMILES string of the molecule is COc1cc2c(cc1OCCCOc1cc3c(cc1OC)C(=O)N1C=C(c4ccc5c(c4)OCO5)CC1C=N3)N=CC1CC(c3ccc(NC(=O)C(C)NC(=O)C(NC(=O)OCC4c5ccccc5-c5ccccc54)C(C)C)cc3)=CN1C2=O. The van der Waals surface area contributed by atoms with Gasteiger partial charge in [-0.3, -0.25) is 29.2 Å². The van der Waals surface area contributed by atoms with Crippen LogP contribution >= 0.6 is 0 Å². The number of aliphatic imine (C=N–C) groups is 2. The summed E-state index contributed by atoms with van der Waals surface area (Å²) in [6.07, 6.45) is 8.06. The first-order valence-electron chi connectivity index (χ1n) is 27.9. The molecule has 19 nitrogen and oxygen atoms in total. The molecule has 5 heterocycles. The van der Waals surface area contributed by atoms with Gasteiger partial charge in [-0.15, -0.1) is 0 Å². The molecular formula is C65H61N7O12. The highest BCUT2D eigenvalue weighted by Crippen LogP contribution is 2.46. The maximum absolute atomic E-state index is 14.2. The van der Waals surface area contributed by atoms with Crippen LogP contribution < -0.4 is 44.4 Å². The third-order valence-corrected chi connectivity index (χ3v) is 15.8. The maximum Gasteiger partial charge on any atom is 0.407 e. The molecule has 12 rings (SSSR count). The number of methoxy groups -OCH3 is 2. The van der Waals surface area contributed by atoms with Crippen molar-refractivity contribution in [1.82, 2.24) is 20.4 Å². The van der Waals surface area contributed by atoms with Crippen molar-refractivity contribution in [2.45, 2.75) is 70.1 Å². The van der Waals surface area contributed by atoms with E-state index in [0.717, 1.165) is 44.5 Å². The number of carbonyl (C=O) groups is 5. The molecule has 428 valence electrons. The Kier molecular flexibility index (Phi) is 15.1. The van der Waals surface area contributed by atoms with Crippen LogP contribution in [0.4, 0.5) is 21.9 Å². The minimum atomic E-state index is -0.957. The van der Waals surface area contributed by atoms with Gasteiger partial charge in [0.05, 0.1) is 62.0 Å². The monoisotopic (exact) mass is 1130 g/mol. The van der Waals surface area contributed by atoms with Gasteiger partial charge in [-0.1, -0.05) is 80.6 Å². The summed E-state index contributed by atoms with van der Waals surface area (Å²) in [6.45, 7) is 5.96. The van der Waals surface area contributed by atoms with E-state index in [4.69, 9.17) is 43.1 Å². The summed E-state index contributed by atoms with van der Waals surface area (Å²) in [6, 6.07) is 33.3. The number of hydrogen-bond donors (Lipinski definition) is 3. The lowest BCUT2D eigenvalue weighted by molar-refractivity contribution is -0.128. The molecule has 0 saturated heterocycles. The van der Waals surface area contributed by atoms with Gasteiger partial charge in [0.25, 0.3) is 11.8 Å². The van der Waals surface area contributed by atoms with E-state index in [0.29, 0.717) is 81.9 Å². The highest BCUT2D eigenvalue weighted by molar-refractivity contribution is 6.07. The summed E-state index contributed by atoms with van der Waals surface area (Å²) < 4.78 is 40.5. The largest absolute Gasteiger partial charge is 0.493 e. The molecule has 6 aromatic carbocycles. The smallest absolute Gasteiger partial charge is 0.407 e. The van der Waals surface area contributed by atoms with Gasteiger partial charge in [-0.05, 0) is 93.8 Å². The van der Waals surface area contributed by atoms with Crippen LogP contribution in [-0.2, 0) is 14.3 Å². The summed E-state index contributed by atoms with van der Waals surface area (Å²) in [5.41, 5.74) is 10.2. The van der Waals surface area contributed by atoms with E-state index in [2.05, 4.69) is 28.1 Å². The third kappa shape index (κ3) is 10.8. The van der Waals surface area contributed by atoms with Crippen LogP contribution in [0.25, 0.3) is 22.3 Å². The van der Waals surface area contributed by atoms with Gasteiger partial charge in [-0.2, -0.15) is 0 Å². The molecule has 19 heteroatoms. The Hall–Kier alpha value is -9.91. The predicted octanol–water partition coefficient (Wildman–Crippen LogP) is 10.2. The molecule has 0 spiro atoms. The Morgan fingerprint density at radius 3 is 1.74 bits per heavy atom. The first-order chi connectivity index (χ1) is 40.8. The van der Waals surface area contributed by atoms with Gasteiger partial charge in [0.1, 0.15) is 18.7 Å². The highest BCUT2D eigenvalue weighted by Gasteiger charge is 2.37. The molecule has 5 amide bonds. The number of alkyl carbamates (subject to hydrolysis) is 1. The van der Waals surface area contributed by atoms with Gasteiger partial charge in [0.2, 0.25) is 18.6 Å². The lowest BCUT2D eigenvalue weighted by Gasteiger charge is -2.24. The van der Waals surface area contributed by atoms with Crippen molar-refractivity contribution in [2.24, 2.45) is 15.9 Å². The second-order valence-electron chi connectivity index (χ2n) is 21.5. The molecule has 1 aliphatic carbocycles. The van der Waals surface area contributed by atoms with Crippen molar-refractivity contribution in [2.75, 3.05) is 46.1 Å². The Bertz CT molecular complexity index is 3710.